The normalized spacial score (nSPS) is 13.3. The van der Waals surface area contributed by atoms with Gasteiger partial charge in [-0.25, -0.2) is 4.98 Å². The Hall–Kier alpha value is -5.68. The van der Waals surface area contributed by atoms with Crippen LogP contribution in [-0.2, 0) is 31.9 Å². The van der Waals surface area contributed by atoms with Gasteiger partial charge in [0.25, 0.3) is 0 Å². The summed E-state index contributed by atoms with van der Waals surface area (Å²) >= 11 is 0. The van der Waals surface area contributed by atoms with Crippen molar-refractivity contribution in [3.05, 3.63) is 151 Å². The topological polar surface area (TPSA) is 65.0 Å². The number of nitrogens with zero attached hydrogens (tertiary/aromatic N) is 3. The van der Waals surface area contributed by atoms with E-state index in [4.69, 9.17) is 13.8 Å². The van der Waals surface area contributed by atoms with Crippen molar-refractivity contribution in [2.45, 2.75) is 46.5 Å². The van der Waals surface area contributed by atoms with Crippen molar-refractivity contribution < 1.29 is 28.9 Å². The van der Waals surface area contributed by atoms with Crippen LogP contribution in [0.25, 0.3) is 88.1 Å². The van der Waals surface area contributed by atoms with Gasteiger partial charge in [0.05, 0.1) is 5.58 Å². The molecule has 0 amide bonds. The molecule has 0 saturated heterocycles. The first-order chi connectivity index (χ1) is 26.1. The average molecular weight is 892 g/mol. The molecule has 0 fully saturated rings. The Bertz CT molecular complexity index is 3050. The summed E-state index contributed by atoms with van der Waals surface area (Å²) in [6.45, 7) is 11.5. The van der Waals surface area contributed by atoms with Crippen molar-refractivity contribution in [3.63, 3.8) is 0 Å². The van der Waals surface area contributed by atoms with Gasteiger partial charge in [-0.15, -0.1) is 53.1 Å². The molecule has 0 aliphatic heterocycles. The van der Waals surface area contributed by atoms with E-state index >= 15 is 0 Å². The third kappa shape index (κ3) is 5.83. The van der Waals surface area contributed by atoms with Crippen molar-refractivity contribution in [3.8, 4) is 22.5 Å². The standard InChI is InChI=1S/C38H29N2O2.C11H8N.Ir/c1-37(2,3)18-20-12-29-33-32(13-20)42-36-34(33)35(39-19-40-36)27-17-31-26(16-28(27)38(29,4)5)25-15-24-22(14-30(25)41-31)11-10-21-8-6-7-9-23(21)24;1-2-6-10(7-3-1)11-8-4-5-9-12-11;/h6-16,19H,18H2,1-5H3;1-6,8-9H;/q2*-1;. The average Bonchev–Trinajstić information content (AvgIpc) is 3.71. The third-order valence-corrected chi connectivity index (χ3v) is 10.8. The number of benzene rings is 6. The molecule has 271 valence electrons. The molecule has 0 saturated carbocycles. The molecular weight excluding hydrogens is 855 g/mol. The fourth-order valence-corrected chi connectivity index (χ4v) is 8.33. The number of fused-ring (bicyclic) bond motifs is 8. The summed E-state index contributed by atoms with van der Waals surface area (Å²) in [5.41, 5.74) is 10.4. The van der Waals surface area contributed by atoms with E-state index in [1.807, 2.05) is 42.5 Å². The van der Waals surface area contributed by atoms with Crippen LogP contribution in [0.4, 0.5) is 0 Å². The Labute approximate surface area is 332 Å². The molecule has 10 aromatic rings. The molecule has 0 atom stereocenters. The van der Waals surface area contributed by atoms with Gasteiger partial charge >= 0.3 is 0 Å². The summed E-state index contributed by atoms with van der Waals surface area (Å²) in [5.74, 6) is 0. The maximum atomic E-state index is 6.53. The van der Waals surface area contributed by atoms with Gasteiger partial charge in [-0.05, 0) is 79.2 Å². The van der Waals surface area contributed by atoms with E-state index in [0.717, 1.165) is 67.2 Å². The van der Waals surface area contributed by atoms with E-state index in [1.165, 1.54) is 38.2 Å². The van der Waals surface area contributed by atoms with Crippen molar-refractivity contribution in [2.75, 3.05) is 0 Å². The zero-order valence-corrected chi connectivity index (χ0v) is 33.6. The van der Waals surface area contributed by atoms with Crippen LogP contribution in [0.1, 0.15) is 51.3 Å². The molecule has 1 radical (unpaired) electrons. The first-order valence-corrected chi connectivity index (χ1v) is 18.5. The predicted molar refractivity (Wildman–Crippen MR) is 220 cm³/mol. The summed E-state index contributed by atoms with van der Waals surface area (Å²) in [6, 6.07) is 44.8. The van der Waals surface area contributed by atoms with E-state index in [2.05, 4.69) is 123 Å². The maximum Gasteiger partial charge on any atom is 0.221 e. The number of hydrogen-bond acceptors (Lipinski definition) is 5. The molecular formula is C49H37IrN3O2-2. The van der Waals surface area contributed by atoms with Crippen LogP contribution in [-0.4, -0.2) is 15.0 Å². The molecule has 5 nitrogen and oxygen atoms in total. The SMILES string of the molecule is CC(C)(C)Cc1cc2c3c(c1)oc1ncnc(c13)-c1[c-]c3oc4cc5ccc6ccccc6c5cc4c3cc1C2(C)C.[Ir].[c-]1ccccc1-c1ccccn1. The fraction of sp³-hybridized carbons (Fsp3) is 0.163. The number of aromatic nitrogens is 3. The Morgan fingerprint density at radius 1 is 0.673 bits per heavy atom. The molecule has 55 heavy (non-hydrogen) atoms. The molecule has 4 heterocycles. The molecule has 0 unspecified atom stereocenters. The first-order valence-electron chi connectivity index (χ1n) is 18.5. The molecule has 0 N–H and O–H groups in total. The van der Waals surface area contributed by atoms with Crippen LogP contribution in [0, 0.1) is 17.5 Å². The Kier molecular flexibility index (Phi) is 8.27. The van der Waals surface area contributed by atoms with Crippen LogP contribution < -0.4 is 0 Å². The zero-order valence-electron chi connectivity index (χ0n) is 31.2. The van der Waals surface area contributed by atoms with E-state index in [0.29, 0.717) is 5.71 Å². The summed E-state index contributed by atoms with van der Waals surface area (Å²) in [7, 11) is 0. The Morgan fingerprint density at radius 3 is 2.29 bits per heavy atom. The predicted octanol–water partition coefficient (Wildman–Crippen LogP) is 12.8. The summed E-state index contributed by atoms with van der Waals surface area (Å²) in [4.78, 5) is 13.6. The molecule has 6 heteroatoms. The maximum absolute atomic E-state index is 6.53. The second-order valence-electron chi connectivity index (χ2n) is 16.1. The molecule has 1 aliphatic carbocycles. The Balaban J connectivity index is 0.000000261. The number of furan rings is 2. The summed E-state index contributed by atoms with van der Waals surface area (Å²) < 4.78 is 12.9. The first kappa shape index (κ1) is 35.0. The van der Waals surface area contributed by atoms with Crippen LogP contribution in [0.2, 0.25) is 0 Å². The molecule has 11 rings (SSSR count). The van der Waals surface area contributed by atoms with Gasteiger partial charge in [-0.1, -0.05) is 107 Å². The smallest absolute Gasteiger partial charge is 0.221 e. The van der Waals surface area contributed by atoms with Crippen molar-refractivity contribution in [1.82, 2.24) is 15.0 Å². The summed E-state index contributed by atoms with van der Waals surface area (Å²) in [5, 5.41) is 9.13. The second kappa shape index (κ2) is 13.0. The van der Waals surface area contributed by atoms with E-state index < -0.39 is 0 Å². The van der Waals surface area contributed by atoms with Crippen molar-refractivity contribution in [1.29, 1.82) is 0 Å². The van der Waals surface area contributed by atoms with Crippen LogP contribution in [0.5, 0.6) is 0 Å². The van der Waals surface area contributed by atoms with E-state index in [9.17, 15) is 0 Å². The minimum Gasteiger partial charge on any atom is -0.477 e. The minimum absolute atomic E-state index is 0. The van der Waals surface area contributed by atoms with Gasteiger partial charge in [0.2, 0.25) is 5.71 Å². The monoisotopic (exact) mass is 892 g/mol. The van der Waals surface area contributed by atoms with Crippen LogP contribution in [0.15, 0.2) is 131 Å². The van der Waals surface area contributed by atoms with E-state index in [-0.39, 0.29) is 30.9 Å². The second-order valence-corrected chi connectivity index (χ2v) is 16.1. The van der Waals surface area contributed by atoms with Gasteiger partial charge in [-0.2, -0.15) is 0 Å². The van der Waals surface area contributed by atoms with Crippen molar-refractivity contribution >= 4 is 65.6 Å². The number of rotatable bonds is 2. The van der Waals surface area contributed by atoms with Crippen LogP contribution >= 0.6 is 0 Å². The summed E-state index contributed by atoms with van der Waals surface area (Å²) in [6.07, 6.45) is 4.34. The van der Waals surface area contributed by atoms with Crippen molar-refractivity contribution in [2.24, 2.45) is 5.41 Å². The molecule has 4 aromatic heterocycles. The quantitative estimate of drug-likeness (QED) is 0.128. The molecule has 0 bridgehead atoms. The van der Waals surface area contributed by atoms with Crippen LogP contribution in [0.3, 0.4) is 0 Å². The van der Waals surface area contributed by atoms with Gasteiger partial charge in [0.1, 0.15) is 17.5 Å². The number of hydrogen-bond donors (Lipinski definition) is 0. The van der Waals surface area contributed by atoms with Gasteiger partial charge in [-0.3, -0.25) is 4.98 Å². The third-order valence-electron chi connectivity index (χ3n) is 10.8. The molecule has 1 aliphatic rings. The van der Waals surface area contributed by atoms with E-state index in [1.54, 1.807) is 12.5 Å². The van der Waals surface area contributed by atoms with Gasteiger partial charge in [0.15, 0.2) is 0 Å². The molecule has 0 spiro atoms. The zero-order chi connectivity index (χ0) is 36.8. The molecule has 6 aromatic carbocycles. The largest absolute Gasteiger partial charge is 0.477 e. The minimum atomic E-state index is -0.350. The van der Waals surface area contributed by atoms with Gasteiger partial charge in [0, 0.05) is 42.8 Å². The fourth-order valence-electron chi connectivity index (χ4n) is 8.33. The van der Waals surface area contributed by atoms with Gasteiger partial charge < -0.3 is 13.8 Å². The Morgan fingerprint density at radius 2 is 1.49 bits per heavy atom. The number of pyridine rings is 1.